The molecule has 0 spiro atoms. The molecular formula is C19H20N4O. The standard InChI is InChI=1S/C19H20N4O/c1-3-23(4-2)17-10-6-5-9-16(17)22-21-15-11-12-18(24)19-14(15)8-7-13-20-19/h5-13,24H,3-4H2,1-2H3. The zero-order valence-electron chi connectivity index (χ0n) is 13.8. The minimum absolute atomic E-state index is 0.146. The lowest BCUT2D eigenvalue weighted by molar-refractivity contribution is 0.480. The summed E-state index contributed by atoms with van der Waals surface area (Å²) in [5.41, 5.74) is 3.11. The predicted molar refractivity (Wildman–Crippen MR) is 97.6 cm³/mol. The number of fused-ring (bicyclic) bond motifs is 1. The van der Waals surface area contributed by atoms with Gasteiger partial charge >= 0.3 is 0 Å². The van der Waals surface area contributed by atoms with E-state index >= 15 is 0 Å². The third-order valence-electron chi connectivity index (χ3n) is 3.98. The van der Waals surface area contributed by atoms with Gasteiger partial charge in [-0.1, -0.05) is 12.1 Å². The van der Waals surface area contributed by atoms with E-state index in [1.165, 1.54) is 0 Å². The highest BCUT2D eigenvalue weighted by molar-refractivity contribution is 5.93. The Morgan fingerprint density at radius 3 is 2.46 bits per heavy atom. The van der Waals surface area contributed by atoms with Crippen LogP contribution in [0.2, 0.25) is 0 Å². The van der Waals surface area contributed by atoms with Crippen LogP contribution >= 0.6 is 0 Å². The topological polar surface area (TPSA) is 61.1 Å². The lowest BCUT2D eigenvalue weighted by Crippen LogP contribution is -2.21. The molecule has 0 aliphatic rings. The Morgan fingerprint density at radius 2 is 1.67 bits per heavy atom. The molecular weight excluding hydrogens is 300 g/mol. The Hall–Kier alpha value is -2.95. The van der Waals surface area contributed by atoms with Gasteiger partial charge in [-0.2, -0.15) is 0 Å². The van der Waals surface area contributed by atoms with Gasteiger partial charge in [0, 0.05) is 24.7 Å². The lowest BCUT2D eigenvalue weighted by Gasteiger charge is -2.22. The molecule has 1 aromatic heterocycles. The summed E-state index contributed by atoms with van der Waals surface area (Å²) in [6.07, 6.45) is 1.65. The number of rotatable bonds is 5. The molecule has 0 aliphatic carbocycles. The van der Waals surface area contributed by atoms with E-state index in [2.05, 4.69) is 40.0 Å². The SMILES string of the molecule is CCN(CC)c1ccccc1N=Nc1ccc(O)c2ncccc12. The number of phenols is 1. The van der Waals surface area contributed by atoms with E-state index in [1.807, 2.05) is 30.3 Å². The molecule has 3 aromatic rings. The summed E-state index contributed by atoms with van der Waals surface area (Å²) in [6, 6.07) is 15.0. The van der Waals surface area contributed by atoms with Crippen LogP contribution in [-0.4, -0.2) is 23.2 Å². The summed E-state index contributed by atoms with van der Waals surface area (Å²) < 4.78 is 0. The number of azo groups is 1. The number of nitrogens with zero attached hydrogens (tertiary/aromatic N) is 4. The van der Waals surface area contributed by atoms with Crippen molar-refractivity contribution in [2.24, 2.45) is 10.2 Å². The molecule has 0 amide bonds. The highest BCUT2D eigenvalue weighted by Crippen LogP contribution is 2.34. The first-order chi connectivity index (χ1) is 11.7. The Morgan fingerprint density at radius 1 is 0.917 bits per heavy atom. The lowest BCUT2D eigenvalue weighted by atomic mass is 10.2. The maximum Gasteiger partial charge on any atom is 0.141 e. The van der Waals surface area contributed by atoms with Gasteiger partial charge in [0.2, 0.25) is 0 Å². The van der Waals surface area contributed by atoms with E-state index in [0.29, 0.717) is 11.2 Å². The number of aromatic hydroxyl groups is 1. The normalized spacial score (nSPS) is 11.2. The molecule has 5 heteroatoms. The van der Waals surface area contributed by atoms with E-state index in [4.69, 9.17) is 0 Å². The maximum absolute atomic E-state index is 9.92. The number of aromatic nitrogens is 1. The van der Waals surface area contributed by atoms with Gasteiger partial charge in [-0.3, -0.25) is 4.98 Å². The van der Waals surface area contributed by atoms with Crippen molar-refractivity contribution >= 4 is 28.0 Å². The number of pyridine rings is 1. The quantitative estimate of drug-likeness (QED) is 0.657. The zero-order valence-corrected chi connectivity index (χ0v) is 13.8. The number of hydrogen-bond acceptors (Lipinski definition) is 5. The molecule has 0 saturated heterocycles. The van der Waals surface area contributed by atoms with Crippen LogP contribution in [0.15, 0.2) is 65.0 Å². The molecule has 5 nitrogen and oxygen atoms in total. The van der Waals surface area contributed by atoms with Gasteiger partial charge in [0.15, 0.2) is 0 Å². The van der Waals surface area contributed by atoms with Crippen molar-refractivity contribution in [3.8, 4) is 5.75 Å². The van der Waals surface area contributed by atoms with E-state index in [1.54, 1.807) is 18.3 Å². The Labute approximate surface area is 141 Å². The summed E-state index contributed by atoms with van der Waals surface area (Å²) in [7, 11) is 0. The minimum atomic E-state index is 0.146. The zero-order chi connectivity index (χ0) is 16.9. The summed E-state index contributed by atoms with van der Waals surface area (Å²) >= 11 is 0. The van der Waals surface area contributed by atoms with Crippen LogP contribution in [0.1, 0.15) is 13.8 Å². The maximum atomic E-state index is 9.92. The van der Waals surface area contributed by atoms with Crippen LogP contribution in [-0.2, 0) is 0 Å². The van der Waals surface area contributed by atoms with Crippen molar-refractivity contribution < 1.29 is 5.11 Å². The first-order valence-electron chi connectivity index (χ1n) is 8.07. The summed E-state index contributed by atoms with van der Waals surface area (Å²) in [4.78, 5) is 6.45. The second-order valence-corrected chi connectivity index (χ2v) is 5.36. The average molecular weight is 320 g/mol. The average Bonchev–Trinajstić information content (AvgIpc) is 2.63. The fraction of sp³-hybridized carbons (Fsp3) is 0.211. The van der Waals surface area contributed by atoms with Crippen molar-refractivity contribution in [1.82, 2.24) is 4.98 Å². The Kier molecular flexibility index (Phi) is 4.70. The Bertz CT molecular complexity index is 872. The fourth-order valence-corrected chi connectivity index (χ4v) is 2.72. The first-order valence-corrected chi connectivity index (χ1v) is 8.07. The predicted octanol–water partition coefficient (Wildman–Crippen LogP) is 5.20. The first kappa shape index (κ1) is 15.9. The van der Waals surface area contributed by atoms with Crippen molar-refractivity contribution in [2.45, 2.75) is 13.8 Å². The van der Waals surface area contributed by atoms with Crippen molar-refractivity contribution in [3.63, 3.8) is 0 Å². The van der Waals surface area contributed by atoms with Gasteiger partial charge in [-0.15, -0.1) is 10.2 Å². The smallest absolute Gasteiger partial charge is 0.141 e. The van der Waals surface area contributed by atoms with Gasteiger partial charge in [-0.25, -0.2) is 0 Å². The molecule has 0 unspecified atom stereocenters. The van der Waals surface area contributed by atoms with Gasteiger partial charge in [0.25, 0.3) is 0 Å². The molecule has 0 bridgehead atoms. The van der Waals surface area contributed by atoms with Crippen molar-refractivity contribution in [3.05, 3.63) is 54.7 Å². The molecule has 0 radical (unpaired) electrons. The number of para-hydroxylation sites is 1. The summed E-state index contributed by atoms with van der Waals surface area (Å²) in [5.74, 6) is 0.146. The minimum Gasteiger partial charge on any atom is -0.506 e. The number of benzene rings is 2. The van der Waals surface area contributed by atoms with E-state index in [9.17, 15) is 5.11 Å². The summed E-state index contributed by atoms with van der Waals surface area (Å²) in [6.45, 7) is 6.07. The van der Waals surface area contributed by atoms with Crippen LogP contribution in [0.3, 0.4) is 0 Å². The number of phenolic OH excluding ortho intramolecular Hbond substituents is 1. The number of hydrogen-bond donors (Lipinski definition) is 1. The molecule has 2 aromatic carbocycles. The third-order valence-corrected chi connectivity index (χ3v) is 3.98. The van der Waals surface area contributed by atoms with Crippen molar-refractivity contribution in [2.75, 3.05) is 18.0 Å². The van der Waals surface area contributed by atoms with Crippen LogP contribution in [0, 0.1) is 0 Å². The second kappa shape index (κ2) is 7.08. The fourth-order valence-electron chi connectivity index (χ4n) is 2.72. The van der Waals surface area contributed by atoms with E-state index < -0.39 is 0 Å². The van der Waals surface area contributed by atoms with Crippen LogP contribution < -0.4 is 4.90 Å². The molecule has 0 atom stereocenters. The number of anilines is 1. The van der Waals surface area contributed by atoms with Crippen LogP contribution in [0.5, 0.6) is 5.75 Å². The van der Waals surface area contributed by atoms with Crippen LogP contribution in [0.25, 0.3) is 10.9 Å². The molecule has 0 saturated carbocycles. The highest BCUT2D eigenvalue weighted by atomic mass is 16.3. The van der Waals surface area contributed by atoms with E-state index in [-0.39, 0.29) is 5.75 Å². The molecule has 24 heavy (non-hydrogen) atoms. The van der Waals surface area contributed by atoms with Gasteiger partial charge in [-0.05, 0) is 50.2 Å². The summed E-state index contributed by atoms with van der Waals surface area (Å²) in [5, 5.41) is 19.6. The molecule has 1 heterocycles. The molecule has 122 valence electrons. The van der Waals surface area contributed by atoms with E-state index in [0.717, 1.165) is 29.9 Å². The molecule has 0 fully saturated rings. The Balaban J connectivity index is 2.03. The van der Waals surface area contributed by atoms with Crippen molar-refractivity contribution in [1.29, 1.82) is 0 Å². The highest BCUT2D eigenvalue weighted by Gasteiger charge is 2.08. The van der Waals surface area contributed by atoms with Gasteiger partial charge in [0.1, 0.15) is 17.0 Å². The largest absolute Gasteiger partial charge is 0.506 e. The molecule has 0 aliphatic heterocycles. The molecule has 1 N–H and O–H groups in total. The monoisotopic (exact) mass is 320 g/mol. The van der Waals surface area contributed by atoms with Gasteiger partial charge < -0.3 is 10.0 Å². The van der Waals surface area contributed by atoms with Gasteiger partial charge in [0.05, 0.1) is 11.4 Å². The second-order valence-electron chi connectivity index (χ2n) is 5.36. The molecule has 3 rings (SSSR count). The third kappa shape index (κ3) is 3.06. The van der Waals surface area contributed by atoms with Crippen LogP contribution in [0.4, 0.5) is 17.1 Å².